The number of nitrogens with two attached hydrogens (primary N) is 2. The van der Waals surface area contributed by atoms with E-state index < -0.39 is 10.8 Å². The molecule has 1 aromatic rings. The topological polar surface area (TPSA) is 124 Å². The molecule has 7 nitrogen and oxygen atoms in total. The van der Waals surface area contributed by atoms with Crippen molar-refractivity contribution in [1.29, 1.82) is 0 Å². The van der Waals surface area contributed by atoms with Gasteiger partial charge >= 0.3 is 0 Å². The van der Waals surface area contributed by atoms with Crippen LogP contribution < -0.4 is 16.8 Å². The molecule has 1 saturated carbocycles. The fraction of sp³-hybridized carbons (Fsp3) is 0.417. The van der Waals surface area contributed by atoms with E-state index in [2.05, 4.69) is 5.32 Å². The van der Waals surface area contributed by atoms with Gasteiger partial charge in [0, 0.05) is 23.7 Å². The maximum absolute atomic E-state index is 11.0. The van der Waals surface area contributed by atoms with Crippen LogP contribution in [-0.2, 0) is 0 Å². The molecule has 7 heteroatoms. The monoisotopic (exact) mass is 264 g/mol. The summed E-state index contributed by atoms with van der Waals surface area (Å²) in [5, 5.41) is 14.1. The van der Waals surface area contributed by atoms with Crippen molar-refractivity contribution in [2.24, 2.45) is 11.5 Å². The van der Waals surface area contributed by atoms with E-state index in [-0.39, 0.29) is 23.3 Å². The van der Waals surface area contributed by atoms with Crippen molar-refractivity contribution in [3.63, 3.8) is 0 Å². The quantitative estimate of drug-likeness (QED) is 0.552. The molecule has 2 unspecified atom stereocenters. The lowest BCUT2D eigenvalue weighted by Gasteiger charge is -2.18. The first kappa shape index (κ1) is 13.3. The zero-order chi connectivity index (χ0) is 14.0. The molecule has 0 heterocycles. The number of nitro groups is 1. The largest absolute Gasteiger partial charge is 0.375 e. The summed E-state index contributed by atoms with van der Waals surface area (Å²) in [6.45, 7) is 0. The maximum atomic E-state index is 11.0. The number of carbonyl (C=O) groups is 1. The molecule has 0 spiro atoms. The minimum absolute atomic E-state index is 0.00424. The summed E-state index contributed by atoms with van der Waals surface area (Å²) in [6.07, 6.45) is 2.80. The molecule has 2 atom stereocenters. The molecule has 19 heavy (non-hydrogen) atoms. The summed E-state index contributed by atoms with van der Waals surface area (Å²) in [5.74, 6) is -0.688. The molecule has 0 radical (unpaired) electrons. The van der Waals surface area contributed by atoms with Crippen LogP contribution in [-0.4, -0.2) is 22.9 Å². The Hall–Kier alpha value is -2.15. The number of primary amides is 1. The summed E-state index contributed by atoms with van der Waals surface area (Å²) in [5.41, 5.74) is 11.4. The maximum Gasteiger partial charge on any atom is 0.293 e. The summed E-state index contributed by atoms with van der Waals surface area (Å²) in [7, 11) is 0. The van der Waals surface area contributed by atoms with Crippen molar-refractivity contribution in [1.82, 2.24) is 0 Å². The summed E-state index contributed by atoms with van der Waals surface area (Å²) >= 11 is 0. The molecule has 5 N–H and O–H groups in total. The molecule has 1 fully saturated rings. The Labute approximate surface area is 110 Å². The Morgan fingerprint density at radius 2 is 2.16 bits per heavy atom. The van der Waals surface area contributed by atoms with Crippen LogP contribution in [0.3, 0.4) is 0 Å². The lowest BCUT2D eigenvalue weighted by atomic mass is 10.1. The van der Waals surface area contributed by atoms with Gasteiger partial charge in [0.25, 0.3) is 5.69 Å². The highest BCUT2D eigenvalue weighted by Crippen LogP contribution is 2.29. The molecule has 102 valence electrons. The van der Waals surface area contributed by atoms with Gasteiger partial charge in [-0.2, -0.15) is 0 Å². The van der Waals surface area contributed by atoms with Crippen molar-refractivity contribution < 1.29 is 9.72 Å². The number of amides is 1. The van der Waals surface area contributed by atoms with Gasteiger partial charge in [-0.05, 0) is 31.4 Å². The van der Waals surface area contributed by atoms with E-state index >= 15 is 0 Å². The second-order valence-corrected chi connectivity index (χ2v) is 4.70. The molecular formula is C12H16N4O3. The Morgan fingerprint density at radius 3 is 2.68 bits per heavy atom. The molecule has 1 aliphatic rings. The number of carbonyl (C=O) groups excluding carboxylic acids is 1. The molecular weight excluding hydrogens is 248 g/mol. The van der Waals surface area contributed by atoms with Gasteiger partial charge in [0.05, 0.1) is 4.92 Å². The van der Waals surface area contributed by atoms with Crippen LogP contribution in [0, 0.1) is 10.1 Å². The molecule has 0 saturated heterocycles. The molecule has 2 rings (SSSR count). The highest BCUT2D eigenvalue weighted by atomic mass is 16.6. The molecule has 0 aromatic heterocycles. The van der Waals surface area contributed by atoms with Gasteiger partial charge in [0.2, 0.25) is 5.91 Å². The fourth-order valence-corrected chi connectivity index (χ4v) is 2.33. The fourth-order valence-electron chi connectivity index (χ4n) is 2.33. The lowest BCUT2D eigenvalue weighted by molar-refractivity contribution is -0.384. The smallest absolute Gasteiger partial charge is 0.293 e. The second kappa shape index (κ2) is 5.23. The van der Waals surface area contributed by atoms with E-state index in [0.29, 0.717) is 5.69 Å². The number of benzene rings is 1. The molecule has 0 aliphatic heterocycles. The van der Waals surface area contributed by atoms with Crippen LogP contribution in [0.4, 0.5) is 11.4 Å². The van der Waals surface area contributed by atoms with Gasteiger partial charge in [-0.1, -0.05) is 0 Å². The van der Waals surface area contributed by atoms with E-state index in [0.717, 1.165) is 19.3 Å². The van der Waals surface area contributed by atoms with E-state index in [9.17, 15) is 14.9 Å². The van der Waals surface area contributed by atoms with Gasteiger partial charge in [-0.15, -0.1) is 0 Å². The van der Waals surface area contributed by atoms with E-state index in [1.54, 1.807) is 0 Å². The van der Waals surface area contributed by atoms with Crippen LogP contribution in [0.25, 0.3) is 0 Å². The molecule has 0 bridgehead atoms. The van der Waals surface area contributed by atoms with Crippen molar-refractivity contribution in [2.75, 3.05) is 5.32 Å². The Morgan fingerprint density at radius 1 is 1.42 bits per heavy atom. The van der Waals surface area contributed by atoms with E-state index in [4.69, 9.17) is 11.5 Å². The van der Waals surface area contributed by atoms with Crippen molar-refractivity contribution >= 4 is 17.3 Å². The van der Waals surface area contributed by atoms with Gasteiger partial charge in [0.15, 0.2) is 0 Å². The first-order valence-electron chi connectivity index (χ1n) is 6.09. The summed E-state index contributed by atoms with van der Waals surface area (Å²) in [6, 6.07) is 4.18. The van der Waals surface area contributed by atoms with Gasteiger partial charge in [-0.3, -0.25) is 14.9 Å². The summed E-state index contributed by atoms with van der Waals surface area (Å²) < 4.78 is 0. The van der Waals surface area contributed by atoms with Crippen LogP contribution in [0.1, 0.15) is 29.6 Å². The number of nitro benzene ring substituents is 1. The first-order chi connectivity index (χ1) is 8.99. The van der Waals surface area contributed by atoms with Crippen molar-refractivity contribution in [2.45, 2.75) is 31.3 Å². The van der Waals surface area contributed by atoms with Crippen LogP contribution >= 0.6 is 0 Å². The third-order valence-electron chi connectivity index (χ3n) is 3.39. The number of hydrogen-bond acceptors (Lipinski definition) is 5. The van der Waals surface area contributed by atoms with Crippen molar-refractivity contribution in [3.05, 3.63) is 33.9 Å². The predicted octanol–water partition coefficient (Wildman–Crippen LogP) is 0.985. The summed E-state index contributed by atoms with van der Waals surface area (Å²) in [4.78, 5) is 21.5. The Bertz CT molecular complexity index is 518. The minimum Gasteiger partial charge on any atom is -0.375 e. The van der Waals surface area contributed by atoms with Crippen LogP contribution in [0.2, 0.25) is 0 Å². The second-order valence-electron chi connectivity index (χ2n) is 4.70. The van der Waals surface area contributed by atoms with Gasteiger partial charge in [0.1, 0.15) is 5.69 Å². The number of hydrogen-bond donors (Lipinski definition) is 3. The molecule has 1 aromatic carbocycles. The standard InChI is InChI=1S/C12H16N4O3/c13-8-2-1-3-9(8)15-10-5-4-7(12(14)17)6-11(10)16(18)19/h4-6,8-9,15H,1-3,13H2,(H2,14,17). The highest BCUT2D eigenvalue weighted by Gasteiger charge is 2.26. The van der Waals surface area contributed by atoms with Crippen LogP contribution in [0.15, 0.2) is 18.2 Å². The van der Waals surface area contributed by atoms with Gasteiger partial charge in [-0.25, -0.2) is 0 Å². The third-order valence-corrected chi connectivity index (χ3v) is 3.39. The SMILES string of the molecule is NC(=O)c1ccc(NC2CCCC2N)c([N+](=O)[O-])c1. The normalized spacial score (nSPS) is 22.2. The van der Waals surface area contributed by atoms with E-state index in [1.165, 1.54) is 18.2 Å². The highest BCUT2D eigenvalue weighted by molar-refractivity contribution is 5.94. The zero-order valence-corrected chi connectivity index (χ0v) is 10.3. The number of nitrogens with zero attached hydrogens (tertiary/aromatic N) is 1. The zero-order valence-electron chi connectivity index (χ0n) is 10.3. The molecule has 1 aliphatic carbocycles. The Balaban J connectivity index is 2.29. The average Bonchev–Trinajstić information content (AvgIpc) is 2.75. The van der Waals surface area contributed by atoms with Crippen molar-refractivity contribution in [3.8, 4) is 0 Å². The average molecular weight is 264 g/mol. The predicted molar refractivity (Wildman–Crippen MR) is 70.9 cm³/mol. The van der Waals surface area contributed by atoms with Crippen LogP contribution in [0.5, 0.6) is 0 Å². The molecule has 1 amide bonds. The first-order valence-corrected chi connectivity index (χ1v) is 6.09. The number of rotatable bonds is 4. The van der Waals surface area contributed by atoms with E-state index in [1.807, 2.05) is 0 Å². The third kappa shape index (κ3) is 2.82. The Kier molecular flexibility index (Phi) is 3.66. The minimum atomic E-state index is -0.688. The number of anilines is 1. The number of nitrogens with one attached hydrogen (secondary N) is 1. The van der Waals surface area contributed by atoms with Gasteiger partial charge < -0.3 is 16.8 Å². The lowest BCUT2D eigenvalue weighted by Crippen LogP contribution is -2.35.